The molecule has 0 spiro atoms. The lowest BCUT2D eigenvalue weighted by Gasteiger charge is -2.32. The first-order valence-electron chi connectivity index (χ1n) is 7.98. The van der Waals surface area contributed by atoms with E-state index in [0.717, 1.165) is 31.0 Å². The lowest BCUT2D eigenvalue weighted by atomic mass is 10.1. The van der Waals surface area contributed by atoms with Gasteiger partial charge in [0.2, 0.25) is 0 Å². The number of benzene rings is 1. The monoisotopic (exact) mass is 336 g/mol. The summed E-state index contributed by atoms with van der Waals surface area (Å²) < 4.78 is 46.0. The Hall–Kier alpha value is -1.92. The average molecular weight is 336 g/mol. The van der Waals surface area contributed by atoms with E-state index >= 15 is 0 Å². The fourth-order valence-corrected chi connectivity index (χ4v) is 2.92. The Balaban J connectivity index is 1.57. The maximum absolute atomic E-state index is 13.8. The molecular weight excluding hydrogens is 317 g/mol. The van der Waals surface area contributed by atoms with E-state index in [1.165, 1.54) is 6.07 Å². The molecule has 0 radical (unpaired) electrons. The van der Waals surface area contributed by atoms with E-state index in [2.05, 4.69) is 4.98 Å². The third-order valence-electron chi connectivity index (χ3n) is 4.18. The van der Waals surface area contributed by atoms with Crippen LogP contribution in [0.2, 0.25) is 0 Å². The van der Waals surface area contributed by atoms with Gasteiger partial charge in [-0.15, -0.1) is 0 Å². The van der Waals surface area contributed by atoms with Crippen LogP contribution in [0.3, 0.4) is 0 Å². The van der Waals surface area contributed by atoms with Crippen molar-refractivity contribution >= 4 is 0 Å². The first-order chi connectivity index (χ1) is 11.6. The summed E-state index contributed by atoms with van der Waals surface area (Å²) >= 11 is 0. The molecular formula is C18H19F3N2O. The van der Waals surface area contributed by atoms with Crippen LogP contribution < -0.4 is 0 Å². The molecule has 3 nitrogen and oxygen atoms in total. The predicted octanol–water partition coefficient (Wildman–Crippen LogP) is 3.68. The zero-order valence-electron chi connectivity index (χ0n) is 13.2. The lowest BCUT2D eigenvalue weighted by Crippen LogP contribution is -2.39. The summed E-state index contributed by atoms with van der Waals surface area (Å²) in [5.41, 5.74) is 1.17. The minimum atomic E-state index is -1.41. The largest absolute Gasteiger partial charge is 0.372 e. The normalized spacial score (nSPS) is 18.7. The first-order valence-corrected chi connectivity index (χ1v) is 7.98. The van der Waals surface area contributed by atoms with Crippen molar-refractivity contribution in [1.29, 1.82) is 0 Å². The van der Waals surface area contributed by atoms with E-state index < -0.39 is 17.5 Å². The fraction of sp³-hybridized carbons (Fsp3) is 0.389. The molecule has 2 heterocycles. The molecule has 2 aromatic rings. The van der Waals surface area contributed by atoms with Gasteiger partial charge in [0.05, 0.1) is 12.7 Å². The van der Waals surface area contributed by atoms with Crippen LogP contribution in [0.1, 0.15) is 24.0 Å². The van der Waals surface area contributed by atoms with Crippen LogP contribution in [-0.4, -0.2) is 29.1 Å². The topological polar surface area (TPSA) is 25.4 Å². The number of nitrogens with zero attached hydrogens (tertiary/aromatic N) is 2. The van der Waals surface area contributed by atoms with Gasteiger partial charge in [0.25, 0.3) is 0 Å². The Morgan fingerprint density at radius 2 is 2.04 bits per heavy atom. The van der Waals surface area contributed by atoms with Gasteiger partial charge in [0, 0.05) is 31.0 Å². The minimum absolute atomic E-state index is 0.0345. The summed E-state index contributed by atoms with van der Waals surface area (Å²) in [6.07, 6.45) is 5.35. The van der Waals surface area contributed by atoms with E-state index in [1.54, 1.807) is 12.4 Å². The third kappa shape index (κ3) is 4.13. The van der Waals surface area contributed by atoms with Crippen molar-refractivity contribution in [2.75, 3.05) is 13.1 Å². The molecule has 1 saturated heterocycles. The van der Waals surface area contributed by atoms with Crippen LogP contribution in [0.4, 0.5) is 13.2 Å². The molecule has 6 heteroatoms. The van der Waals surface area contributed by atoms with Gasteiger partial charge in [-0.3, -0.25) is 9.88 Å². The number of hydrogen-bond donors (Lipinski definition) is 0. The molecule has 0 amide bonds. The highest BCUT2D eigenvalue weighted by atomic mass is 19.2. The summed E-state index contributed by atoms with van der Waals surface area (Å²) in [5, 5.41) is 0. The minimum Gasteiger partial charge on any atom is -0.372 e. The van der Waals surface area contributed by atoms with E-state index in [-0.39, 0.29) is 18.2 Å². The van der Waals surface area contributed by atoms with Crippen molar-refractivity contribution in [2.24, 2.45) is 0 Å². The zero-order chi connectivity index (χ0) is 16.9. The maximum Gasteiger partial charge on any atom is 0.194 e. The van der Waals surface area contributed by atoms with Crippen LogP contribution >= 0.6 is 0 Å². The molecule has 0 N–H and O–H groups in total. The second-order valence-electron chi connectivity index (χ2n) is 6.01. The quantitative estimate of drug-likeness (QED) is 0.779. The number of piperidine rings is 1. The second kappa shape index (κ2) is 7.77. The number of rotatable bonds is 5. The molecule has 0 bridgehead atoms. The Morgan fingerprint density at radius 3 is 2.83 bits per heavy atom. The standard InChI is InChI=1S/C18H19F3N2O/c19-16-6-5-14(17(20)18(16)21)10-23-8-2-4-15(11-23)24-12-13-3-1-7-22-9-13/h1,3,5-7,9,15H,2,4,8,10-12H2/t15-/m1/s1. The third-order valence-corrected chi connectivity index (χ3v) is 4.18. The maximum atomic E-state index is 13.8. The molecule has 0 unspecified atom stereocenters. The van der Waals surface area contributed by atoms with Crippen molar-refractivity contribution in [3.8, 4) is 0 Å². The fourth-order valence-electron chi connectivity index (χ4n) is 2.92. The highest BCUT2D eigenvalue weighted by Crippen LogP contribution is 2.20. The summed E-state index contributed by atoms with van der Waals surface area (Å²) in [7, 11) is 0. The Bertz CT molecular complexity index is 681. The van der Waals surface area contributed by atoms with Gasteiger partial charge in [0.1, 0.15) is 0 Å². The van der Waals surface area contributed by atoms with E-state index in [1.807, 2.05) is 17.0 Å². The molecule has 0 saturated carbocycles. The number of pyridine rings is 1. The van der Waals surface area contributed by atoms with Crippen LogP contribution in [-0.2, 0) is 17.9 Å². The lowest BCUT2D eigenvalue weighted by molar-refractivity contribution is -0.0124. The summed E-state index contributed by atoms with van der Waals surface area (Å²) in [6.45, 7) is 2.14. The Kier molecular flexibility index (Phi) is 5.48. The molecule has 1 aromatic heterocycles. The van der Waals surface area contributed by atoms with Gasteiger partial charge in [-0.1, -0.05) is 12.1 Å². The molecule has 128 valence electrons. The predicted molar refractivity (Wildman–Crippen MR) is 83.6 cm³/mol. The number of halogens is 3. The number of aromatic nitrogens is 1. The molecule has 1 fully saturated rings. The van der Waals surface area contributed by atoms with Crippen LogP contribution in [0.25, 0.3) is 0 Å². The molecule has 0 aliphatic carbocycles. The smallest absolute Gasteiger partial charge is 0.194 e. The Morgan fingerprint density at radius 1 is 1.17 bits per heavy atom. The molecule has 1 aliphatic rings. The zero-order valence-corrected chi connectivity index (χ0v) is 13.2. The summed E-state index contributed by atoms with van der Waals surface area (Å²) in [4.78, 5) is 6.05. The van der Waals surface area contributed by atoms with Crippen molar-refractivity contribution < 1.29 is 17.9 Å². The molecule has 24 heavy (non-hydrogen) atoms. The van der Waals surface area contributed by atoms with E-state index in [0.29, 0.717) is 13.2 Å². The van der Waals surface area contributed by atoms with Crippen molar-refractivity contribution in [1.82, 2.24) is 9.88 Å². The molecule has 1 atom stereocenters. The van der Waals surface area contributed by atoms with Crippen LogP contribution in [0, 0.1) is 17.5 Å². The van der Waals surface area contributed by atoms with Crippen molar-refractivity contribution in [2.45, 2.75) is 32.1 Å². The van der Waals surface area contributed by atoms with Crippen LogP contribution in [0.15, 0.2) is 36.7 Å². The van der Waals surface area contributed by atoms with Gasteiger partial charge in [-0.2, -0.15) is 0 Å². The number of ether oxygens (including phenoxy) is 1. The summed E-state index contributed by atoms with van der Waals surface area (Å²) in [5.74, 6) is -3.67. The highest BCUT2D eigenvalue weighted by molar-refractivity contribution is 5.20. The van der Waals surface area contributed by atoms with Gasteiger partial charge in [-0.05, 0) is 37.1 Å². The number of likely N-dealkylation sites (tertiary alicyclic amines) is 1. The van der Waals surface area contributed by atoms with Gasteiger partial charge in [-0.25, -0.2) is 13.2 Å². The summed E-state index contributed by atoms with van der Waals surface area (Å²) in [6, 6.07) is 6.07. The first kappa shape index (κ1) is 16.9. The van der Waals surface area contributed by atoms with Crippen molar-refractivity contribution in [3.63, 3.8) is 0 Å². The van der Waals surface area contributed by atoms with Gasteiger partial charge >= 0.3 is 0 Å². The second-order valence-corrected chi connectivity index (χ2v) is 6.01. The van der Waals surface area contributed by atoms with E-state index in [9.17, 15) is 13.2 Å². The Labute approximate surface area is 139 Å². The van der Waals surface area contributed by atoms with Gasteiger partial charge in [0.15, 0.2) is 17.5 Å². The van der Waals surface area contributed by atoms with Crippen molar-refractivity contribution in [3.05, 3.63) is 65.2 Å². The number of hydrogen-bond acceptors (Lipinski definition) is 3. The van der Waals surface area contributed by atoms with Gasteiger partial charge < -0.3 is 4.74 Å². The highest BCUT2D eigenvalue weighted by Gasteiger charge is 2.22. The molecule has 1 aromatic carbocycles. The van der Waals surface area contributed by atoms with Crippen LogP contribution in [0.5, 0.6) is 0 Å². The molecule has 3 rings (SSSR count). The SMILES string of the molecule is Fc1ccc(CN2CCC[C@@H](OCc3cccnc3)C2)c(F)c1F. The molecule has 1 aliphatic heterocycles. The average Bonchev–Trinajstić information content (AvgIpc) is 2.62. The van der Waals surface area contributed by atoms with E-state index in [4.69, 9.17) is 4.74 Å².